The van der Waals surface area contributed by atoms with Crippen molar-refractivity contribution in [1.29, 1.82) is 0 Å². The first kappa shape index (κ1) is 37.7. The van der Waals surface area contributed by atoms with Gasteiger partial charge in [0.2, 0.25) is 0 Å². The SMILES string of the molecule is CCOC(=O)c1cc(OC(F)F)ccc1CBr.Cn1ccc2cc(N)ccc21.Cn1ccc2cc(N3Cc4ccc(OC(F)F)cc4C3=O)ccc21. The van der Waals surface area contributed by atoms with Gasteiger partial charge in [-0.3, -0.25) is 4.79 Å². The summed E-state index contributed by atoms with van der Waals surface area (Å²) in [6.07, 6.45) is 3.99. The summed E-state index contributed by atoms with van der Waals surface area (Å²) >= 11 is 3.21. The normalized spacial score (nSPS) is 12.0. The molecule has 0 saturated heterocycles. The second-order valence-electron chi connectivity index (χ2n) is 11.6. The molecule has 6 aromatic rings. The lowest BCUT2D eigenvalue weighted by molar-refractivity contribution is -0.0505. The summed E-state index contributed by atoms with van der Waals surface area (Å²) in [7, 11) is 3.99. The summed E-state index contributed by atoms with van der Waals surface area (Å²) in [5, 5.41) is 2.67. The number of anilines is 2. The van der Waals surface area contributed by atoms with Crippen molar-refractivity contribution in [3.8, 4) is 11.5 Å². The molecule has 3 heterocycles. The van der Waals surface area contributed by atoms with E-state index < -0.39 is 19.2 Å². The number of benzene rings is 4. The maximum Gasteiger partial charge on any atom is 0.387 e. The van der Waals surface area contributed by atoms with Crippen molar-refractivity contribution in [2.24, 2.45) is 14.1 Å². The highest BCUT2D eigenvalue weighted by Gasteiger charge is 2.29. The van der Waals surface area contributed by atoms with Crippen LogP contribution < -0.4 is 20.1 Å². The number of nitrogens with zero attached hydrogens (tertiary/aromatic N) is 3. The molecule has 1 aliphatic heterocycles. The minimum absolute atomic E-state index is 0.00235. The van der Waals surface area contributed by atoms with Crippen LogP contribution in [-0.2, 0) is 30.7 Å². The molecule has 0 fully saturated rings. The number of carbonyl (C=O) groups excluding carboxylic acids is 2. The van der Waals surface area contributed by atoms with E-state index in [0.717, 1.165) is 27.8 Å². The number of halogens is 5. The molecule has 7 rings (SSSR count). The summed E-state index contributed by atoms with van der Waals surface area (Å²) in [4.78, 5) is 25.9. The van der Waals surface area contributed by atoms with Crippen LogP contribution in [0.25, 0.3) is 21.8 Å². The lowest BCUT2D eigenvalue weighted by Gasteiger charge is -2.16. The van der Waals surface area contributed by atoms with Crippen molar-refractivity contribution in [3.05, 3.63) is 120 Å². The van der Waals surface area contributed by atoms with Crippen molar-refractivity contribution in [2.45, 2.75) is 32.0 Å². The lowest BCUT2D eigenvalue weighted by atomic mass is 10.1. The predicted octanol–water partition coefficient (Wildman–Crippen LogP) is 9.06. The quantitative estimate of drug-likeness (QED) is 0.0716. The van der Waals surface area contributed by atoms with Gasteiger partial charge in [-0.05, 0) is 90.8 Å². The molecule has 9 nitrogen and oxygen atoms in total. The first-order valence-corrected chi connectivity index (χ1v) is 17.1. The molecule has 0 atom stereocenters. The first-order valence-electron chi connectivity index (χ1n) is 15.9. The smallest absolute Gasteiger partial charge is 0.387 e. The minimum atomic E-state index is -2.92. The number of ether oxygens (including phenoxy) is 3. The topological polar surface area (TPSA) is 101 Å². The van der Waals surface area contributed by atoms with Gasteiger partial charge in [-0.15, -0.1) is 0 Å². The highest BCUT2D eigenvalue weighted by atomic mass is 79.9. The zero-order chi connectivity index (χ0) is 37.5. The van der Waals surface area contributed by atoms with Gasteiger partial charge in [-0.25, -0.2) is 4.79 Å². The van der Waals surface area contributed by atoms with Crippen LogP contribution in [0.15, 0.2) is 97.3 Å². The van der Waals surface area contributed by atoms with Crippen molar-refractivity contribution in [3.63, 3.8) is 0 Å². The third kappa shape index (κ3) is 8.86. The van der Waals surface area contributed by atoms with Gasteiger partial charge < -0.3 is 34.0 Å². The molecule has 2 aromatic heterocycles. The van der Waals surface area contributed by atoms with Gasteiger partial charge in [0, 0.05) is 70.6 Å². The Hall–Kier alpha value is -5.50. The molecule has 1 amide bonds. The molecule has 14 heteroatoms. The van der Waals surface area contributed by atoms with Crippen molar-refractivity contribution in [2.75, 3.05) is 17.2 Å². The second-order valence-corrected chi connectivity index (χ2v) is 12.1. The summed E-state index contributed by atoms with van der Waals surface area (Å²) in [5.41, 5.74) is 11.6. The number of carbonyl (C=O) groups is 2. The fraction of sp³-hybridized carbons (Fsp3) is 0.211. The molecule has 0 bridgehead atoms. The molecule has 0 radical (unpaired) electrons. The molecular weight excluding hydrogens is 748 g/mol. The number of aromatic nitrogens is 2. The number of alkyl halides is 5. The molecule has 4 aromatic carbocycles. The van der Waals surface area contributed by atoms with E-state index in [9.17, 15) is 27.2 Å². The Labute approximate surface area is 305 Å². The Kier molecular flexibility index (Phi) is 12.1. The fourth-order valence-corrected chi connectivity index (χ4v) is 6.14. The zero-order valence-corrected chi connectivity index (χ0v) is 29.9. The highest BCUT2D eigenvalue weighted by molar-refractivity contribution is 9.08. The van der Waals surface area contributed by atoms with Crippen LogP contribution in [0.4, 0.5) is 28.9 Å². The molecule has 2 N–H and O–H groups in total. The Balaban J connectivity index is 0.000000163. The number of nitrogens with two attached hydrogens (primary N) is 1. The van der Waals surface area contributed by atoms with Crippen molar-refractivity contribution < 1.29 is 41.4 Å². The van der Waals surface area contributed by atoms with Crippen LogP contribution in [0.1, 0.15) is 38.8 Å². The standard InChI is InChI=1S/C18H14F2N2O2.C11H11BrF2O3.C9H10N2/c1-21-7-6-11-8-13(3-5-16(11)21)22-10-12-2-4-14(24-18(19)20)9-15(12)17(22)23;1-2-16-10(15)9-5-8(17-11(13)14)4-3-7(9)6-12;1-11-5-4-7-6-8(10)2-3-9(7)11/h2-9,18H,10H2,1H3;3-5,11H,2,6H2,1H3;2-6H,10H2,1H3. The van der Waals surface area contributed by atoms with Gasteiger partial charge in [0.25, 0.3) is 5.91 Å². The Morgan fingerprint density at radius 1 is 0.808 bits per heavy atom. The fourth-order valence-electron chi connectivity index (χ4n) is 5.65. The number of aryl methyl sites for hydroxylation is 2. The number of esters is 1. The number of hydrogen-bond acceptors (Lipinski definition) is 6. The van der Waals surface area contributed by atoms with E-state index in [4.69, 9.17) is 10.5 Å². The van der Waals surface area contributed by atoms with E-state index in [1.165, 1.54) is 35.2 Å². The molecule has 272 valence electrons. The molecule has 1 aliphatic rings. The molecule has 0 aliphatic carbocycles. The molecule has 0 saturated carbocycles. The van der Waals surface area contributed by atoms with Crippen LogP contribution >= 0.6 is 15.9 Å². The van der Waals surface area contributed by atoms with E-state index >= 15 is 0 Å². The van der Waals surface area contributed by atoms with Crippen LogP contribution in [0.3, 0.4) is 0 Å². The van der Waals surface area contributed by atoms with E-state index in [2.05, 4.69) is 36.0 Å². The summed E-state index contributed by atoms with van der Waals surface area (Å²) in [5.74, 6) is -0.827. The van der Waals surface area contributed by atoms with Crippen LogP contribution in [-0.4, -0.2) is 40.8 Å². The molecule has 52 heavy (non-hydrogen) atoms. The van der Waals surface area contributed by atoms with Crippen LogP contribution in [0, 0.1) is 0 Å². The Bertz CT molecular complexity index is 2200. The maximum absolute atomic E-state index is 12.7. The van der Waals surface area contributed by atoms with Crippen LogP contribution in [0.2, 0.25) is 0 Å². The Morgan fingerprint density at radius 3 is 2.02 bits per heavy atom. The zero-order valence-electron chi connectivity index (χ0n) is 28.4. The highest BCUT2D eigenvalue weighted by Crippen LogP contribution is 2.33. The predicted molar refractivity (Wildman–Crippen MR) is 195 cm³/mol. The number of fused-ring (bicyclic) bond motifs is 3. The third-order valence-corrected chi connectivity index (χ3v) is 8.75. The van der Waals surface area contributed by atoms with Gasteiger partial charge in [0.05, 0.1) is 18.7 Å². The van der Waals surface area contributed by atoms with Gasteiger partial charge >= 0.3 is 19.2 Å². The first-order chi connectivity index (χ1) is 24.9. The average molecular weight is 784 g/mol. The number of rotatable bonds is 8. The number of hydrogen-bond donors (Lipinski definition) is 1. The average Bonchev–Trinajstić information content (AvgIpc) is 3.78. The number of nitrogen functional groups attached to an aromatic ring is 1. The van der Waals surface area contributed by atoms with Gasteiger partial charge in [0.1, 0.15) is 11.5 Å². The third-order valence-electron chi connectivity index (χ3n) is 8.15. The van der Waals surface area contributed by atoms with Gasteiger partial charge in [-0.2, -0.15) is 17.6 Å². The lowest BCUT2D eigenvalue weighted by Crippen LogP contribution is -2.22. The van der Waals surface area contributed by atoms with E-state index in [-0.39, 0.29) is 29.6 Å². The van der Waals surface area contributed by atoms with Gasteiger partial charge in [0.15, 0.2) is 0 Å². The maximum atomic E-state index is 12.7. The van der Waals surface area contributed by atoms with Crippen LogP contribution in [0.5, 0.6) is 11.5 Å². The summed E-state index contributed by atoms with van der Waals surface area (Å²) in [6, 6.07) is 24.5. The number of amides is 1. The minimum Gasteiger partial charge on any atom is -0.462 e. The molecule has 0 spiro atoms. The summed E-state index contributed by atoms with van der Waals surface area (Å²) in [6.45, 7) is -3.51. The summed E-state index contributed by atoms with van der Waals surface area (Å²) < 4.78 is 66.3. The Morgan fingerprint density at radius 2 is 1.40 bits per heavy atom. The monoisotopic (exact) mass is 782 g/mol. The molecule has 0 unspecified atom stereocenters. The van der Waals surface area contributed by atoms with E-state index in [0.29, 0.717) is 23.0 Å². The molecular formula is C38H35BrF4N4O5. The van der Waals surface area contributed by atoms with E-state index in [1.807, 2.05) is 73.5 Å². The van der Waals surface area contributed by atoms with Crippen molar-refractivity contribution >= 4 is 61.0 Å². The van der Waals surface area contributed by atoms with Gasteiger partial charge in [-0.1, -0.05) is 28.1 Å². The second kappa shape index (κ2) is 16.7. The largest absolute Gasteiger partial charge is 0.462 e. The van der Waals surface area contributed by atoms with E-state index in [1.54, 1.807) is 24.0 Å². The van der Waals surface area contributed by atoms with Crippen molar-refractivity contribution in [1.82, 2.24) is 9.13 Å².